The van der Waals surface area contributed by atoms with Crippen molar-refractivity contribution in [2.45, 2.75) is 18.9 Å². The van der Waals surface area contributed by atoms with Crippen molar-refractivity contribution in [2.75, 3.05) is 18.1 Å². The molecule has 1 aromatic carbocycles. The van der Waals surface area contributed by atoms with E-state index in [0.29, 0.717) is 18.0 Å². The first-order valence-electron chi connectivity index (χ1n) is 8.83. The van der Waals surface area contributed by atoms with Gasteiger partial charge < -0.3 is 15.0 Å². The molecule has 134 valence electrons. The summed E-state index contributed by atoms with van der Waals surface area (Å²) in [5, 5.41) is 4.16. The van der Waals surface area contributed by atoms with Crippen LogP contribution in [0.15, 0.2) is 48.8 Å². The molecule has 0 radical (unpaired) electrons. The average Bonchev–Trinajstić information content (AvgIpc) is 3.32. The number of pyridine rings is 1. The molecule has 2 N–H and O–H groups in total. The molecule has 3 aromatic rings. The van der Waals surface area contributed by atoms with Gasteiger partial charge in [0.15, 0.2) is 0 Å². The largest absolute Gasteiger partial charge is 0.473 e. The molecule has 3 heterocycles. The number of nitrogens with one attached hydrogen (secondary N) is 2. The van der Waals surface area contributed by atoms with Gasteiger partial charge in [0.25, 0.3) is 5.91 Å². The number of carbonyl (C=O) groups is 1. The second-order valence-electron chi connectivity index (χ2n) is 6.35. The van der Waals surface area contributed by atoms with Gasteiger partial charge in [0.05, 0.1) is 5.56 Å². The number of rotatable bonds is 6. The van der Waals surface area contributed by atoms with Gasteiger partial charge >= 0.3 is 0 Å². The highest BCUT2D eigenvalue weighted by Gasteiger charge is 2.17. The number of nitrogens with zero attached hydrogens (tertiary/aromatic N) is 1. The van der Waals surface area contributed by atoms with E-state index in [2.05, 4.69) is 27.4 Å². The summed E-state index contributed by atoms with van der Waals surface area (Å²) < 4.78 is 5.81. The van der Waals surface area contributed by atoms with Crippen LogP contribution in [-0.4, -0.2) is 40.0 Å². The second kappa shape index (κ2) is 7.83. The van der Waals surface area contributed by atoms with Gasteiger partial charge in [-0.3, -0.25) is 4.79 Å². The molecule has 0 saturated carbocycles. The third-order valence-electron chi connectivity index (χ3n) is 4.53. The zero-order valence-electron chi connectivity index (χ0n) is 14.4. The average molecular weight is 367 g/mol. The molecule has 1 amide bonds. The van der Waals surface area contributed by atoms with Crippen molar-refractivity contribution >= 4 is 28.6 Å². The number of fused-ring (bicyclic) bond motifs is 1. The molecule has 1 fully saturated rings. The molecule has 1 atom stereocenters. The lowest BCUT2D eigenvalue weighted by atomic mass is 10.1. The Hall–Kier alpha value is -2.47. The number of ether oxygens (including phenoxy) is 1. The van der Waals surface area contributed by atoms with Gasteiger partial charge in [-0.1, -0.05) is 18.2 Å². The summed E-state index contributed by atoms with van der Waals surface area (Å²) in [6, 6.07) is 11.7. The van der Waals surface area contributed by atoms with Crippen molar-refractivity contribution in [1.82, 2.24) is 15.3 Å². The standard InChI is InChI=1S/C20H21N3O2S/c24-20(15-5-6-19(23-12-15)25-16-8-10-26-13-16)21-9-7-14-11-22-18-4-2-1-3-17(14)18/h1-6,11-12,16,22H,7-10,13H2,(H,21,24). The van der Waals surface area contributed by atoms with Gasteiger partial charge in [0, 0.05) is 41.7 Å². The summed E-state index contributed by atoms with van der Waals surface area (Å²) in [7, 11) is 0. The molecule has 0 spiro atoms. The second-order valence-corrected chi connectivity index (χ2v) is 7.50. The zero-order valence-corrected chi connectivity index (χ0v) is 15.2. The first kappa shape index (κ1) is 17.0. The molecule has 1 aliphatic rings. The Bertz CT molecular complexity index is 885. The molecule has 26 heavy (non-hydrogen) atoms. The lowest BCUT2D eigenvalue weighted by Gasteiger charge is -2.11. The van der Waals surface area contributed by atoms with Gasteiger partial charge in [0.1, 0.15) is 6.10 Å². The summed E-state index contributed by atoms with van der Waals surface area (Å²) in [6.07, 6.45) is 5.67. The van der Waals surface area contributed by atoms with E-state index < -0.39 is 0 Å². The monoisotopic (exact) mass is 367 g/mol. The van der Waals surface area contributed by atoms with E-state index in [-0.39, 0.29) is 12.0 Å². The number of hydrogen-bond donors (Lipinski definition) is 2. The summed E-state index contributed by atoms with van der Waals surface area (Å²) in [6.45, 7) is 0.582. The lowest BCUT2D eigenvalue weighted by Crippen LogP contribution is -2.25. The van der Waals surface area contributed by atoms with Crippen LogP contribution in [0.3, 0.4) is 0 Å². The van der Waals surface area contributed by atoms with E-state index >= 15 is 0 Å². The molecule has 5 nitrogen and oxygen atoms in total. The Morgan fingerprint density at radius 2 is 2.23 bits per heavy atom. The summed E-state index contributed by atoms with van der Waals surface area (Å²) in [5.74, 6) is 2.63. The van der Waals surface area contributed by atoms with Crippen LogP contribution < -0.4 is 10.1 Å². The third kappa shape index (κ3) is 3.85. The van der Waals surface area contributed by atoms with Crippen molar-refractivity contribution in [1.29, 1.82) is 0 Å². The number of hydrogen-bond acceptors (Lipinski definition) is 4. The Morgan fingerprint density at radius 1 is 1.31 bits per heavy atom. The van der Waals surface area contributed by atoms with E-state index in [4.69, 9.17) is 4.74 Å². The first-order valence-corrected chi connectivity index (χ1v) is 9.99. The van der Waals surface area contributed by atoms with Crippen LogP contribution in [0, 0.1) is 0 Å². The molecule has 0 bridgehead atoms. The van der Waals surface area contributed by atoms with Gasteiger partial charge in [-0.15, -0.1) is 0 Å². The highest BCUT2D eigenvalue weighted by Crippen LogP contribution is 2.22. The minimum Gasteiger partial charge on any atom is -0.473 e. The fraction of sp³-hybridized carbons (Fsp3) is 0.300. The lowest BCUT2D eigenvalue weighted by molar-refractivity contribution is 0.0953. The summed E-state index contributed by atoms with van der Waals surface area (Å²) in [4.78, 5) is 19.8. The molecular weight excluding hydrogens is 346 g/mol. The number of H-pyrrole nitrogens is 1. The normalized spacial score (nSPS) is 16.7. The van der Waals surface area contributed by atoms with Gasteiger partial charge in [-0.25, -0.2) is 4.98 Å². The first-order chi connectivity index (χ1) is 12.8. The van der Waals surface area contributed by atoms with Crippen molar-refractivity contribution < 1.29 is 9.53 Å². The van der Waals surface area contributed by atoms with Crippen molar-refractivity contribution in [3.05, 3.63) is 59.9 Å². The van der Waals surface area contributed by atoms with Gasteiger partial charge in [0.2, 0.25) is 5.88 Å². The number of benzene rings is 1. The molecule has 1 aliphatic heterocycles. The maximum Gasteiger partial charge on any atom is 0.252 e. The number of amides is 1. The van der Waals surface area contributed by atoms with Crippen LogP contribution in [0.1, 0.15) is 22.3 Å². The van der Waals surface area contributed by atoms with Crippen molar-refractivity contribution in [3.63, 3.8) is 0 Å². The Labute approximate surface area is 156 Å². The smallest absolute Gasteiger partial charge is 0.252 e. The maximum absolute atomic E-state index is 12.3. The Morgan fingerprint density at radius 3 is 3.04 bits per heavy atom. The molecule has 4 rings (SSSR count). The van der Waals surface area contributed by atoms with Crippen LogP contribution >= 0.6 is 11.8 Å². The van der Waals surface area contributed by atoms with E-state index in [9.17, 15) is 4.79 Å². The predicted molar refractivity (Wildman–Crippen MR) is 105 cm³/mol. The number of aromatic nitrogens is 2. The van der Waals surface area contributed by atoms with Crippen LogP contribution in [-0.2, 0) is 6.42 Å². The predicted octanol–water partition coefficient (Wildman–Crippen LogP) is 3.42. The quantitative estimate of drug-likeness (QED) is 0.701. The fourth-order valence-electron chi connectivity index (χ4n) is 3.11. The minimum absolute atomic E-state index is 0.111. The number of thioether (sulfide) groups is 1. The highest BCUT2D eigenvalue weighted by atomic mass is 32.2. The molecule has 1 saturated heterocycles. The van der Waals surface area contributed by atoms with Crippen LogP contribution in [0.2, 0.25) is 0 Å². The summed E-state index contributed by atoms with van der Waals surface area (Å²) in [5.41, 5.74) is 2.88. The maximum atomic E-state index is 12.3. The Balaban J connectivity index is 1.30. The molecule has 1 unspecified atom stereocenters. The fourth-order valence-corrected chi connectivity index (χ4v) is 4.21. The van der Waals surface area contributed by atoms with Gasteiger partial charge in [-0.2, -0.15) is 11.8 Å². The molecule has 6 heteroatoms. The van der Waals surface area contributed by atoms with Crippen LogP contribution in [0.4, 0.5) is 0 Å². The van der Waals surface area contributed by atoms with E-state index in [1.807, 2.05) is 30.1 Å². The van der Waals surface area contributed by atoms with Crippen LogP contribution in [0.5, 0.6) is 5.88 Å². The third-order valence-corrected chi connectivity index (χ3v) is 5.66. The van der Waals surface area contributed by atoms with Crippen molar-refractivity contribution in [2.24, 2.45) is 0 Å². The van der Waals surface area contributed by atoms with Crippen molar-refractivity contribution in [3.8, 4) is 5.88 Å². The minimum atomic E-state index is -0.111. The van der Waals surface area contributed by atoms with E-state index in [1.165, 1.54) is 10.9 Å². The molecule has 2 aromatic heterocycles. The van der Waals surface area contributed by atoms with E-state index in [1.54, 1.807) is 18.3 Å². The highest BCUT2D eigenvalue weighted by molar-refractivity contribution is 7.99. The number of carbonyl (C=O) groups excluding carboxylic acids is 1. The topological polar surface area (TPSA) is 67.0 Å². The molecule has 0 aliphatic carbocycles. The summed E-state index contributed by atoms with van der Waals surface area (Å²) >= 11 is 1.90. The number of para-hydroxylation sites is 1. The SMILES string of the molecule is O=C(NCCc1c[nH]c2ccccc12)c1ccc(OC2CCSC2)nc1. The number of aromatic amines is 1. The van der Waals surface area contributed by atoms with E-state index in [0.717, 1.165) is 29.9 Å². The zero-order chi connectivity index (χ0) is 17.8. The van der Waals surface area contributed by atoms with Crippen LogP contribution in [0.25, 0.3) is 10.9 Å². The Kier molecular flexibility index (Phi) is 5.11. The molecular formula is C20H21N3O2S. The van der Waals surface area contributed by atoms with Gasteiger partial charge in [-0.05, 0) is 36.3 Å².